The van der Waals surface area contributed by atoms with Crippen molar-refractivity contribution in [3.8, 4) is 11.1 Å². The number of alkyl carbamates (subject to hydrolysis) is 1. The number of nitrogens with two attached hydrogens (primary N) is 1. The lowest BCUT2D eigenvalue weighted by Crippen LogP contribution is -2.68. The smallest absolute Gasteiger partial charge is 0.407 e. The number of aliphatic hydroxyl groups excluding tert-OH is 5. The van der Waals surface area contributed by atoms with E-state index in [0.29, 0.717) is 19.4 Å². The van der Waals surface area contributed by atoms with Crippen molar-refractivity contribution in [2.24, 2.45) is 29.4 Å². The van der Waals surface area contributed by atoms with Gasteiger partial charge in [0.1, 0.15) is 37.1 Å². The topological polar surface area (TPSA) is 287 Å². The van der Waals surface area contributed by atoms with E-state index < -0.39 is 110 Å². The van der Waals surface area contributed by atoms with Crippen LogP contribution in [-0.2, 0) is 42.6 Å². The van der Waals surface area contributed by atoms with E-state index in [2.05, 4.69) is 50.8 Å². The minimum absolute atomic E-state index is 0.0534. The van der Waals surface area contributed by atoms with Gasteiger partial charge in [-0.3, -0.25) is 0 Å². The molecule has 3 heterocycles. The number of amides is 1. The normalized spacial score (nSPS) is 37.2. The summed E-state index contributed by atoms with van der Waals surface area (Å²) in [6.45, 7) is -1.01. The minimum atomic E-state index is -1.09. The number of likely N-dealkylation sites (N-methyl/N-ethyl adjacent to an activating group) is 4. The first-order chi connectivity index (χ1) is 34.6. The summed E-state index contributed by atoms with van der Waals surface area (Å²) in [5.41, 5.74) is 10.4. The van der Waals surface area contributed by atoms with Crippen LogP contribution in [0.1, 0.15) is 36.3 Å². The van der Waals surface area contributed by atoms with Crippen molar-refractivity contribution in [3.05, 3.63) is 59.7 Å². The largest absolute Gasteiger partial charge is 0.449 e. The second-order valence-electron chi connectivity index (χ2n) is 19.2. The van der Waals surface area contributed by atoms with Crippen LogP contribution < -0.4 is 32.3 Å². The second kappa shape index (κ2) is 26.5. The summed E-state index contributed by atoms with van der Waals surface area (Å²) < 4.78 is 58.9. The molecule has 0 bridgehead atoms. The van der Waals surface area contributed by atoms with E-state index >= 15 is 0 Å². The zero-order chi connectivity index (χ0) is 50.8. The molecule has 2 aromatic carbocycles. The summed E-state index contributed by atoms with van der Waals surface area (Å²) in [7, 11) is 10.2. The van der Waals surface area contributed by atoms with Crippen molar-refractivity contribution >= 4 is 6.09 Å². The summed E-state index contributed by atoms with van der Waals surface area (Å²) in [4.78, 5) is 13.5. The molecule has 12 N–H and O–H groups in total. The summed E-state index contributed by atoms with van der Waals surface area (Å²) in [6.07, 6.45) is -8.69. The summed E-state index contributed by atoms with van der Waals surface area (Å²) in [5.74, 6) is -2.15. The van der Waals surface area contributed by atoms with Crippen LogP contribution in [-0.4, -0.2) is 219 Å². The highest BCUT2D eigenvalue weighted by molar-refractivity contribution is 5.79. The van der Waals surface area contributed by atoms with Gasteiger partial charge >= 0.3 is 6.09 Å². The molecule has 2 aromatic rings. The van der Waals surface area contributed by atoms with Gasteiger partial charge in [-0.15, -0.1) is 0 Å². The Balaban J connectivity index is 1.10. The fraction of sp³-hybridized carbons (Fsp3) is 0.740. The number of carbonyl (C=O) groups is 1. The number of rotatable bonds is 24. The van der Waals surface area contributed by atoms with Crippen LogP contribution in [0.4, 0.5) is 4.79 Å². The van der Waals surface area contributed by atoms with E-state index in [0.717, 1.165) is 22.3 Å². The van der Waals surface area contributed by atoms with E-state index in [4.69, 9.17) is 48.4 Å². The van der Waals surface area contributed by atoms with Crippen LogP contribution in [0.3, 0.4) is 0 Å². The number of fused-ring (bicyclic) bond motifs is 3. The minimum Gasteiger partial charge on any atom is -0.449 e. The molecule has 21 heteroatoms. The molecule has 21 nitrogen and oxygen atoms in total. The maximum atomic E-state index is 13.5. The molecule has 5 aliphatic rings. The lowest BCUT2D eigenvalue weighted by atomic mass is 9.79. The molecule has 0 radical (unpaired) electrons. The maximum absolute atomic E-state index is 13.5. The number of methoxy groups -OCH3 is 2. The predicted molar refractivity (Wildman–Crippen MR) is 259 cm³/mol. The number of ether oxygens (including phenoxy) is 9. The van der Waals surface area contributed by atoms with Gasteiger partial charge in [0.05, 0.1) is 30.4 Å². The van der Waals surface area contributed by atoms with Gasteiger partial charge in [-0.1, -0.05) is 48.5 Å². The Morgan fingerprint density at radius 1 is 0.606 bits per heavy atom. The van der Waals surface area contributed by atoms with E-state index in [1.807, 2.05) is 38.4 Å². The van der Waals surface area contributed by atoms with Crippen LogP contribution in [0.2, 0.25) is 0 Å². The zero-order valence-electron chi connectivity index (χ0n) is 41.8. The summed E-state index contributed by atoms with van der Waals surface area (Å²) in [6, 6.07) is 14.4. The van der Waals surface area contributed by atoms with Gasteiger partial charge in [-0.25, -0.2) is 4.79 Å². The number of benzene rings is 2. The molecule has 3 saturated heterocycles. The molecule has 0 aromatic heterocycles. The summed E-state index contributed by atoms with van der Waals surface area (Å²) >= 11 is 0. The Labute approximate surface area is 417 Å². The van der Waals surface area contributed by atoms with E-state index in [1.165, 1.54) is 7.11 Å². The number of nitrogens with one attached hydrogen (secondary N) is 5. The van der Waals surface area contributed by atoms with Crippen molar-refractivity contribution in [1.82, 2.24) is 26.6 Å². The van der Waals surface area contributed by atoms with Gasteiger partial charge in [-0.05, 0) is 76.3 Å². The molecular weight excluding hydrogens is 925 g/mol. The second-order valence-corrected chi connectivity index (χ2v) is 19.2. The quantitative estimate of drug-likeness (QED) is 0.0590. The van der Waals surface area contributed by atoms with Crippen LogP contribution in [0.15, 0.2) is 48.5 Å². The van der Waals surface area contributed by atoms with E-state index in [-0.39, 0.29) is 70.6 Å². The van der Waals surface area contributed by atoms with Gasteiger partial charge < -0.3 is 100 Å². The third-order valence-electron chi connectivity index (χ3n) is 15.7. The number of hydrogen-bond donors (Lipinski definition) is 11. The average Bonchev–Trinajstić information content (AvgIpc) is 3.89. The van der Waals surface area contributed by atoms with Crippen molar-refractivity contribution in [2.45, 2.75) is 117 Å². The molecule has 400 valence electrons. The molecule has 19 unspecified atom stereocenters. The lowest BCUT2D eigenvalue weighted by molar-refractivity contribution is -0.307. The first kappa shape index (κ1) is 55.7. The Bertz CT molecular complexity index is 1900. The SMILES string of the molecule is CNC1CC(NC)C(OC2OC(CNC(=O)OCC3c4ccccc4-c4ccccc43)C(CO)C(CO)C2NC)C(OC2OC(CCO)C(OC3OC(CCN)C(CO)C(CO)C3NC)C2OC)C1OC. The molecule has 19 atom stereocenters. The Morgan fingerprint density at radius 2 is 1.11 bits per heavy atom. The van der Waals surface area contributed by atoms with Crippen molar-refractivity contribution < 1.29 is 73.0 Å². The third kappa shape index (κ3) is 11.8. The standard InChI is InChI=1S/C50H80N6O15/c1-52-35-19-36(53-2)43(45(42(35)63-5)71-49-46(64-6)44(38(67-49)16-18-57)70-47-40(54-3)32(23-60)30(21-58)37(66-47)15-17-51)69-48-41(55-4)33(24-61)31(22-59)39(68-48)20-56-50(62)65-25-34-28-13-9-7-11-26(28)27-12-8-10-14-29(27)34/h7-14,30-49,52-55,57-61H,15-25,51H2,1-6H3,(H,56,62). The van der Waals surface area contributed by atoms with Crippen molar-refractivity contribution in [1.29, 1.82) is 0 Å². The summed E-state index contributed by atoms with van der Waals surface area (Å²) in [5, 5.41) is 69.0. The van der Waals surface area contributed by atoms with Crippen molar-refractivity contribution in [2.75, 3.05) is 95.1 Å². The first-order valence-corrected chi connectivity index (χ1v) is 25.1. The molecule has 71 heavy (non-hydrogen) atoms. The van der Waals surface area contributed by atoms with Gasteiger partial charge in [0, 0.05) is 95.5 Å². The number of carbonyl (C=O) groups excluding carboxylic acids is 1. The molecule has 4 fully saturated rings. The Kier molecular flexibility index (Phi) is 20.8. The highest BCUT2D eigenvalue weighted by atomic mass is 16.8. The zero-order valence-corrected chi connectivity index (χ0v) is 41.8. The van der Waals surface area contributed by atoms with E-state index in [9.17, 15) is 30.3 Å². The lowest BCUT2D eigenvalue weighted by Gasteiger charge is -2.51. The molecule has 2 aliphatic carbocycles. The molecule has 1 saturated carbocycles. The average molecular weight is 1010 g/mol. The predicted octanol–water partition coefficient (Wildman–Crippen LogP) is -1.19. The maximum Gasteiger partial charge on any atom is 0.407 e. The van der Waals surface area contributed by atoms with Gasteiger partial charge in [0.25, 0.3) is 0 Å². The fourth-order valence-electron chi connectivity index (χ4n) is 12.0. The first-order valence-electron chi connectivity index (χ1n) is 25.1. The fourth-order valence-corrected chi connectivity index (χ4v) is 12.0. The highest BCUT2D eigenvalue weighted by Crippen LogP contribution is 2.45. The van der Waals surface area contributed by atoms with Crippen LogP contribution in [0.25, 0.3) is 11.1 Å². The third-order valence-corrected chi connectivity index (χ3v) is 15.7. The van der Waals surface area contributed by atoms with Gasteiger partial charge in [0.2, 0.25) is 0 Å². The monoisotopic (exact) mass is 1000 g/mol. The Hall–Kier alpha value is -3.01. The van der Waals surface area contributed by atoms with Crippen molar-refractivity contribution in [3.63, 3.8) is 0 Å². The number of aliphatic hydroxyl groups is 5. The van der Waals surface area contributed by atoms with Gasteiger partial charge in [0.15, 0.2) is 18.9 Å². The molecule has 0 spiro atoms. The van der Waals surface area contributed by atoms with Crippen LogP contribution >= 0.6 is 0 Å². The van der Waals surface area contributed by atoms with Crippen LogP contribution in [0, 0.1) is 23.7 Å². The van der Waals surface area contributed by atoms with Crippen LogP contribution in [0.5, 0.6) is 0 Å². The Morgan fingerprint density at radius 3 is 1.63 bits per heavy atom. The molecule has 3 aliphatic heterocycles. The molecule has 7 rings (SSSR count). The highest BCUT2D eigenvalue weighted by Gasteiger charge is 2.56. The van der Waals surface area contributed by atoms with E-state index in [1.54, 1.807) is 21.2 Å². The van der Waals surface area contributed by atoms with Gasteiger partial charge in [-0.2, -0.15) is 0 Å². The molecular formula is C50H80N6O15. The molecule has 1 amide bonds. The number of hydrogen-bond acceptors (Lipinski definition) is 20.